The Bertz CT molecular complexity index is 406. The fraction of sp³-hybridized carbons (Fsp3) is 0.111. The summed E-state index contributed by atoms with van der Waals surface area (Å²) in [5.41, 5.74) is -0.911. The van der Waals surface area contributed by atoms with Gasteiger partial charge in [0.15, 0.2) is 0 Å². The molecule has 0 aliphatic rings. The van der Waals surface area contributed by atoms with E-state index in [1.165, 1.54) is 18.2 Å². The summed E-state index contributed by atoms with van der Waals surface area (Å²) in [5, 5.41) is 0.547. The minimum atomic E-state index is -5.08. The highest BCUT2D eigenvalue weighted by molar-refractivity contribution is 6.66. The van der Waals surface area contributed by atoms with Gasteiger partial charge in [-0.1, -0.05) is 23.2 Å². The molecule has 16 heavy (non-hydrogen) atoms. The number of ether oxygens (including phenoxy) is 1. The van der Waals surface area contributed by atoms with Gasteiger partial charge in [-0.3, -0.25) is 0 Å². The van der Waals surface area contributed by atoms with Crippen molar-refractivity contribution in [3.8, 4) is 5.75 Å². The van der Waals surface area contributed by atoms with Gasteiger partial charge in [-0.05, 0) is 18.2 Å². The Hall–Kier alpha value is -0.805. The van der Waals surface area contributed by atoms with E-state index < -0.39 is 19.1 Å². The first-order chi connectivity index (χ1) is 7.30. The molecule has 0 atom stereocenters. The highest BCUT2D eigenvalue weighted by atomic mass is 35.5. The molecule has 0 aliphatic carbocycles. The Morgan fingerprint density at radius 1 is 1.31 bits per heavy atom. The Labute approximate surface area is 101 Å². The monoisotopic (exact) mass is 269 g/mol. The maximum Gasteiger partial charge on any atom is 0.508 e. The van der Waals surface area contributed by atoms with Crippen LogP contribution < -0.4 is 4.74 Å². The predicted molar refractivity (Wildman–Crippen MR) is 60.2 cm³/mol. The SMILES string of the molecule is C=C(COc1ccc(Cl)cc1Cl)[B-](F)(F)F. The lowest BCUT2D eigenvalue weighted by Gasteiger charge is -2.18. The van der Waals surface area contributed by atoms with Gasteiger partial charge in [0.1, 0.15) is 5.75 Å². The van der Waals surface area contributed by atoms with Crippen molar-refractivity contribution in [1.82, 2.24) is 0 Å². The molecular formula is C9H7BCl2F3O-. The zero-order valence-corrected chi connectivity index (χ0v) is 9.53. The van der Waals surface area contributed by atoms with Crippen LogP contribution in [0, 0.1) is 0 Å². The molecule has 0 unspecified atom stereocenters. The summed E-state index contributed by atoms with van der Waals surface area (Å²) in [5.74, 6) is 0.146. The molecule has 7 heteroatoms. The van der Waals surface area contributed by atoms with E-state index >= 15 is 0 Å². The van der Waals surface area contributed by atoms with Gasteiger partial charge in [-0.15, -0.1) is 12.1 Å². The van der Waals surface area contributed by atoms with Crippen molar-refractivity contribution in [3.63, 3.8) is 0 Å². The highest BCUT2D eigenvalue weighted by Crippen LogP contribution is 2.28. The second-order valence-electron chi connectivity index (χ2n) is 3.10. The van der Waals surface area contributed by atoms with E-state index in [1.54, 1.807) is 0 Å². The van der Waals surface area contributed by atoms with Crippen LogP contribution in [0.25, 0.3) is 0 Å². The summed E-state index contributed by atoms with van der Waals surface area (Å²) in [7, 11) is 0. The van der Waals surface area contributed by atoms with Crippen LogP contribution in [0.4, 0.5) is 12.9 Å². The fourth-order valence-electron chi connectivity index (χ4n) is 0.857. The van der Waals surface area contributed by atoms with Crippen LogP contribution in [0.1, 0.15) is 0 Å². The van der Waals surface area contributed by atoms with Crippen LogP contribution >= 0.6 is 23.2 Å². The lowest BCUT2D eigenvalue weighted by Crippen LogP contribution is -2.23. The van der Waals surface area contributed by atoms with Gasteiger partial charge in [0.2, 0.25) is 0 Å². The average Bonchev–Trinajstić information content (AvgIpc) is 2.14. The minimum absolute atomic E-state index is 0.146. The lowest BCUT2D eigenvalue weighted by atomic mass is 9.81. The normalized spacial score (nSPS) is 11.3. The van der Waals surface area contributed by atoms with Gasteiger partial charge in [0.05, 0.1) is 11.6 Å². The summed E-state index contributed by atoms with van der Waals surface area (Å²) in [6.45, 7) is -2.81. The third kappa shape index (κ3) is 3.65. The second kappa shape index (κ2) is 5.02. The Balaban J connectivity index is 2.65. The molecule has 1 aromatic carbocycles. The largest absolute Gasteiger partial charge is 0.508 e. The Morgan fingerprint density at radius 2 is 1.94 bits per heavy atom. The standard InChI is InChI=1S/C9H7BCl2F3O/c1-6(10(13,14)15)5-16-9-3-2-7(11)4-8(9)12/h2-4H,1,5H2/q-1. The van der Waals surface area contributed by atoms with Gasteiger partial charge in [-0.2, -0.15) is 0 Å². The van der Waals surface area contributed by atoms with Gasteiger partial charge in [0, 0.05) is 5.02 Å². The summed E-state index contributed by atoms with van der Waals surface area (Å²) >= 11 is 11.3. The molecule has 0 saturated carbocycles. The van der Waals surface area contributed by atoms with Crippen molar-refractivity contribution in [2.24, 2.45) is 0 Å². The molecule has 0 spiro atoms. The molecule has 1 aromatic rings. The third-order valence-corrected chi connectivity index (χ3v) is 2.30. The van der Waals surface area contributed by atoms with E-state index in [9.17, 15) is 12.9 Å². The summed E-state index contributed by atoms with van der Waals surface area (Å²) < 4.78 is 41.3. The van der Waals surface area contributed by atoms with Crippen molar-refractivity contribution in [3.05, 3.63) is 40.3 Å². The van der Waals surface area contributed by atoms with Crippen LogP contribution in [-0.2, 0) is 0 Å². The summed E-state index contributed by atoms with van der Waals surface area (Å²) in [6.07, 6.45) is 0. The third-order valence-electron chi connectivity index (χ3n) is 1.77. The molecule has 1 rings (SSSR count). The van der Waals surface area contributed by atoms with Gasteiger partial charge < -0.3 is 17.7 Å². The molecule has 1 nitrogen and oxygen atoms in total. The van der Waals surface area contributed by atoms with Crippen LogP contribution in [0.3, 0.4) is 0 Å². The molecule has 88 valence electrons. The fourth-order valence-corrected chi connectivity index (χ4v) is 1.32. The van der Waals surface area contributed by atoms with E-state index in [-0.39, 0.29) is 10.8 Å². The quantitative estimate of drug-likeness (QED) is 0.740. The topological polar surface area (TPSA) is 9.23 Å². The van der Waals surface area contributed by atoms with Crippen molar-refractivity contribution in [2.45, 2.75) is 0 Å². The van der Waals surface area contributed by atoms with Crippen LogP contribution in [0.5, 0.6) is 5.75 Å². The molecule has 0 saturated heterocycles. The molecule has 0 amide bonds. The first-order valence-electron chi connectivity index (χ1n) is 4.26. The van der Waals surface area contributed by atoms with Crippen molar-refractivity contribution >= 4 is 30.2 Å². The number of hydrogen-bond acceptors (Lipinski definition) is 1. The van der Waals surface area contributed by atoms with Crippen LogP contribution in [-0.4, -0.2) is 13.6 Å². The maximum atomic E-state index is 12.1. The minimum Gasteiger partial charge on any atom is -0.491 e. The molecule has 0 radical (unpaired) electrons. The van der Waals surface area contributed by atoms with Gasteiger partial charge >= 0.3 is 6.98 Å². The molecule has 0 aromatic heterocycles. The van der Waals surface area contributed by atoms with Crippen LogP contribution in [0.15, 0.2) is 30.3 Å². The van der Waals surface area contributed by atoms with Crippen molar-refractivity contribution < 1.29 is 17.7 Å². The van der Waals surface area contributed by atoms with E-state index in [4.69, 9.17) is 27.9 Å². The van der Waals surface area contributed by atoms with Gasteiger partial charge in [0.25, 0.3) is 0 Å². The number of benzene rings is 1. The highest BCUT2D eigenvalue weighted by Gasteiger charge is 2.27. The smallest absolute Gasteiger partial charge is 0.491 e. The predicted octanol–water partition coefficient (Wildman–Crippen LogP) is 4.32. The number of hydrogen-bond donors (Lipinski definition) is 0. The zero-order chi connectivity index (χ0) is 12.3. The van der Waals surface area contributed by atoms with Crippen molar-refractivity contribution in [2.75, 3.05) is 6.61 Å². The van der Waals surface area contributed by atoms with E-state index in [0.29, 0.717) is 5.02 Å². The molecule has 0 fully saturated rings. The maximum absolute atomic E-state index is 12.1. The molecular weight excluding hydrogens is 263 g/mol. The summed E-state index contributed by atoms with van der Waals surface area (Å²) in [6, 6.07) is 4.27. The summed E-state index contributed by atoms with van der Waals surface area (Å²) in [4.78, 5) is 0. The Morgan fingerprint density at radius 3 is 2.44 bits per heavy atom. The molecule has 0 bridgehead atoms. The van der Waals surface area contributed by atoms with E-state index in [2.05, 4.69) is 6.58 Å². The first-order valence-corrected chi connectivity index (χ1v) is 5.02. The molecule has 0 aliphatic heterocycles. The van der Waals surface area contributed by atoms with E-state index in [1.807, 2.05) is 0 Å². The number of halogens is 5. The Kier molecular flexibility index (Phi) is 4.16. The van der Waals surface area contributed by atoms with Crippen LogP contribution in [0.2, 0.25) is 10.0 Å². The first kappa shape index (κ1) is 13.3. The van der Waals surface area contributed by atoms with E-state index in [0.717, 1.165) is 0 Å². The van der Waals surface area contributed by atoms with Gasteiger partial charge in [-0.25, -0.2) is 0 Å². The second-order valence-corrected chi connectivity index (χ2v) is 3.94. The average molecular weight is 270 g/mol. The number of rotatable bonds is 4. The molecule has 0 heterocycles. The molecule has 0 N–H and O–H groups in total. The zero-order valence-electron chi connectivity index (χ0n) is 8.02. The van der Waals surface area contributed by atoms with Crippen molar-refractivity contribution in [1.29, 1.82) is 0 Å². The lowest BCUT2D eigenvalue weighted by molar-refractivity contribution is 0.347.